The number of aromatic nitrogens is 2. The number of fused-ring (bicyclic) bond motifs is 1. The van der Waals surface area contributed by atoms with Crippen LogP contribution in [0.2, 0.25) is 0 Å². The smallest absolute Gasteiger partial charge is 0.0760 e. The molecule has 5 heteroatoms. The number of hydrogen-bond donors (Lipinski definition) is 0. The predicted octanol–water partition coefficient (Wildman–Crippen LogP) is 3.01. The van der Waals surface area contributed by atoms with Gasteiger partial charge in [0.2, 0.25) is 0 Å². The van der Waals surface area contributed by atoms with Gasteiger partial charge in [0.1, 0.15) is 0 Å². The summed E-state index contributed by atoms with van der Waals surface area (Å²) < 4.78 is 8.09. The van der Waals surface area contributed by atoms with Crippen LogP contribution in [0.4, 0.5) is 0 Å². The SMILES string of the molecule is Cn1ncc2c1C(COCC1CC1)N(Cc1cccs1)CC2. The fourth-order valence-electron chi connectivity index (χ4n) is 3.31. The molecule has 0 aromatic carbocycles. The summed E-state index contributed by atoms with van der Waals surface area (Å²) in [6.07, 6.45) is 5.82. The van der Waals surface area contributed by atoms with Gasteiger partial charge in [0.25, 0.3) is 0 Å². The normalized spacial score (nSPS) is 22.0. The first-order valence-electron chi connectivity index (χ1n) is 8.16. The standard InChI is InChI=1S/C17H23N3OS/c1-19-17-14(9-18-19)6-7-20(10-15-3-2-8-22-15)16(17)12-21-11-13-4-5-13/h2-3,8-9,13,16H,4-7,10-12H2,1H3. The second-order valence-corrected chi connectivity index (χ2v) is 7.51. The lowest BCUT2D eigenvalue weighted by atomic mass is 10.00. The highest BCUT2D eigenvalue weighted by Gasteiger charge is 2.31. The third kappa shape index (κ3) is 2.98. The van der Waals surface area contributed by atoms with Gasteiger partial charge in [-0.25, -0.2) is 0 Å². The average molecular weight is 317 g/mol. The molecule has 0 bridgehead atoms. The lowest BCUT2D eigenvalue weighted by molar-refractivity contribution is 0.0417. The summed E-state index contributed by atoms with van der Waals surface area (Å²) in [5, 5.41) is 6.63. The lowest BCUT2D eigenvalue weighted by Gasteiger charge is -2.35. The van der Waals surface area contributed by atoms with Crippen LogP contribution in [-0.4, -0.2) is 34.4 Å². The van der Waals surface area contributed by atoms with Crippen molar-refractivity contribution in [1.29, 1.82) is 0 Å². The zero-order valence-electron chi connectivity index (χ0n) is 13.1. The number of thiophene rings is 1. The van der Waals surface area contributed by atoms with Gasteiger partial charge < -0.3 is 4.74 Å². The Labute approximate surface area is 135 Å². The highest BCUT2D eigenvalue weighted by atomic mass is 32.1. The van der Waals surface area contributed by atoms with Gasteiger partial charge >= 0.3 is 0 Å². The average Bonchev–Trinajstić information content (AvgIpc) is 3.05. The van der Waals surface area contributed by atoms with Gasteiger partial charge in [0.05, 0.1) is 24.5 Å². The maximum absolute atomic E-state index is 6.05. The lowest BCUT2D eigenvalue weighted by Crippen LogP contribution is -2.38. The van der Waals surface area contributed by atoms with Crippen molar-refractivity contribution in [1.82, 2.24) is 14.7 Å². The second kappa shape index (κ2) is 6.14. The molecule has 0 saturated heterocycles. The van der Waals surface area contributed by atoms with E-state index in [1.165, 1.54) is 29.0 Å². The van der Waals surface area contributed by atoms with Gasteiger partial charge in [0.15, 0.2) is 0 Å². The monoisotopic (exact) mass is 317 g/mol. The molecule has 4 rings (SSSR count). The van der Waals surface area contributed by atoms with Gasteiger partial charge in [-0.3, -0.25) is 9.58 Å². The van der Waals surface area contributed by atoms with Crippen LogP contribution in [0.25, 0.3) is 0 Å². The van der Waals surface area contributed by atoms with E-state index >= 15 is 0 Å². The molecule has 2 aromatic heterocycles. The van der Waals surface area contributed by atoms with Crippen LogP contribution in [0.1, 0.15) is 35.0 Å². The van der Waals surface area contributed by atoms with Gasteiger partial charge in [-0.05, 0) is 42.2 Å². The highest BCUT2D eigenvalue weighted by Crippen LogP contribution is 2.33. The minimum Gasteiger partial charge on any atom is -0.379 e. The van der Waals surface area contributed by atoms with E-state index in [-0.39, 0.29) is 0 Å². The third-order valence-corrected chi connectivity index (χ3v) is 5.62. The van der Waals surface area contributed by atoms with E-state index in [9.17, 15) is 0 Å². The van der Waals surface area contributed by atoms with Crippen LogP contribution < -0.4 is 0 Å². The summed E-state index contributed by atoms with van der Waals surface area (Å²) in [6, 6.07) is 4.70. The molecule has 3 heterocycles. The molecule has 1 saturated carbocycles. The van der Waals surface area contributed by atoms with E-state index in [1.54, 1.807) is 0 Å². The molecule has 1 atom stereocenters. The molecule has 22 heavy (non-hydrogen) atoms. The maximum atomic E-state index is 6.05. The Bertz CT molecular complexity index is 618. The first-order chi connectivity index (χ1) is 10.8. The highest BCUT2D eigenvalue weighted by molar-refractivity contribution is 7.09. The Morgan fingerprint density at radius 3 is 3.05 bits per heavy atom. The molecular weight excluding hydrogens is 294 g/mol. The zero-order chi connectivity index (χ0) is 14.9. The number of nitrogens with zero attached hydrogens (tertiary/aromatic N) is 3. The zero-order valence-corrected chi connectivity index (χ0v) is 13.9. The van der Waals surface area contributed by atoms with Crippen LogP contribution in [0.5, 0.6) is 0 Å². The Morgan fingerprint density at radius 2 is 2.27 bits per heavy atom. The molecule has 118 valence electrons. The van der Waals surface area contributed by atoms with E-state index in [2.05, 4.69) is 34.6 Å². The quantitative estimate of drug-likeness (QED) is 0.820. The fourth-order valence-corrected chi connectivity index (χ4v) is 4.04. The molecule has 0 amide bonds. The fraction of sp³-hybridized carbons (Fsp3) is 0.588. The molecule has 0 spiro atoms. The minimum absolute atomic E-state index is 0.331. The van der Waals surface area contributed by atoms with E-state index < -0.39 is 0 Å². The Balaban J connectivity index is 1.52. The van der Waals surface area contributed by atoms with Crippen LogP contribution in [-0.2, 0) is 24.8 Å². The first-order valence-corrected chi connectivity index (χ1v) is 9.04. The number of rotatable bonds is 6. The molecule has 2 aliphatic rings. The number of hydrogen-bond acceptors (Lipinski definition) is 4. The van der Waals surface area contributed by atoms with Crippen molar-refractivity contribution in [2.45, 2.75) is 31.8 Å². The third-order valence-electron chi connectivity index (χ3n) is 4.75. The Morgan fingerprint density at radius 1 is 1.36 bits per heavy atom. The Kier molecular flexibility index (Phi) is 4.03. The Hall–Kier alpha value is -1.17. The maximum Gasteiger partial charge on any atom is 0.0760 e. The van der Waals surface area contributed by atoms with Crippen molar-refractivity contribution < 1.29 is 4.74 Å². The van der Waals surface area contributed by atoms with Crippen molar-refractivity contribution in [2.24, 2.45) is 13.0 Å². The molecule has 1 aliphatic carbocycles. The number of ether oxygens (including phenoxy) is 1. The van der Waals surface area contributed by atoms with Crippen molar-refractivity contribution in [3.63, 3.8) is 0 Å². The van der Waals surface area contributed by atoms with Gasteiger partial charge in [-0.2, -0.15) is 5.10 Å². The van der Waals surface area contributed by atoms with Gasteiger partial charge in [-0.15, -0.1) is 11.3 Å². The largest absolute Gasteiger partial charge is 0.379 e. The predicted molar refractivity (Wildman–Crippen MR) is 87.9 cm³/mol. The molecule has 0 N–H and O–H groups in total. The summed E-state index contributed by atoms with van der Waals surface area (Å²) in [6.45, 7) is 3.82. The molecule has 0 radical (unpaired) electrons. The van der Waals surface area contributed by atoms with Crippen LogP contribution >= 0.6 is 11.3 Å². The van der Waals surface area contributed by atoms with E-state index in [4.69, 9.17) is 4.74 Å². The summed E-state index contributed by atoms with van der Waals surface area (Å²) in [5.74, 6) is 0.820. The minimum atomic E-state index is 0.331. The molecule has 4 nitrogen and oxygen atoms in total. The summed E-state index contributed by atoms with van der Waals surface area (Å²) >= 11 is 1.84. The summed E-state index contributed by atoms with van der Waals surface area (Å²) in [5.41, 5.74) is 2.74. The van der Waals surface area contributed by atoms with Gasteiger partial charge in [0, 0.05) is 31.6 Å². The summed E-state index contributed by atoms with van der Waals surface area (Å²) in [7, 11) is 2.06. The molecule has 2 aromatic rings. The van der Waals surface area contributed by atoms with E-state index in [0.29, 0.717) is 6.04 Å². The van der Waals surface area contributed by atoms with Crippen LogP contribution in [0.15, 0.2) is 23.7 Å². The van der Waals surface area contributed by atoms with E-state index in [1.807, 2.05) is 22.2 Å². The molecule has 1 fully saturated rings. The van der Waals surface area contributed by atoms with Crippen molar-refractivity contribution in [3.05, 3.63) is 39.8 Å². The van der Waals surface area contributed by atoms with Crippen LogP contribution in [0, 0.1) is 5.92 Å². The van der Waals surface area contributed by atoms with Crippen LogP contribution in [0.3, 0.4) is 0 Å². The second-order valence-electron chi connectivity index (χ2n) is 6.48. The molecular formula is C17H23N3OS. The first kappa shape index (κ1) is 14.4. The number of aryl methyl sites for hydroxylation is 1. The van der Waals surface area contributed by atoms with Gasteiger partial charge in [-0.1, -0.05) is 6.07 Å². The molecule has 1 unspecified atom stereocenters. The van der Waals surface area contributed by atoms with E-state index in [0.717, 1.165) is 38.6 Å². The topological polar surface area (TPSA) is 30.3 Å². The van der Waals surface area contributed by atoms with Crippen molar-refractivity contribution >= 4 is 11.3 Å². The van der Waals surface area contributed by atoms with Crippen molar-refractivity contribution in [2.75, 3.05) is 19.8 Å². The van der Waals surface area contributed by atoms with Crippen molar-refractivity contribution in [3.8, 4) is 0 Å². The summed E-state index contributed by atoms with van der Waals surface area (Å²) in [4.78, 5) is 3.99. The molecule has 1 aliphatic heterocycles.